The second kappa shape index (κ2) is 5.00. The number of nitrogens with zero attached hydrogens (tertiary/aromatic N) is 2. The Morgan fingerprint density at radius 1 is 1.45 bits per heavy atom. The second-order valence-corrected chi connectivity index (χ2v) is 4.89. The number of aryl methyl sites for hydroxylation is 1. The van der Waals surface area contributed by atoms with E-state index in [2.05, 4.69) is 4.98 Å². The maximum atomic E-state index is 11.5. The molecule has 0 aliphatic carbocycles. The molecular weight excluding hydrogens is 256 g/mol. The van der Waals surface area contributed by atoms with Crippen molar-refractivity contribution in [2.45, 2.75) is 25.3 Å². The third kappa shape index (κ3) is 1.95. The van der Waals surface area contributed by atoms with Crippen LogP contribution in [0.15, 0.2) is 30.5 Å². The number of hydrogen-bond acceptors (Lipinski definition) is 3. The highest BCUT2D eigenvalue weighted by Crippen LogP contribution is 2.35. The average Bonchev–Trinajstić information content (AvgIpc) is 2.90. The Bertz CT molecular complexity index is 648. The minimum Gasteiger partial charge on any atom is -0.496 e. The van der Waals surface area contributed by atoms with E-state index in [0.29, 0.717) is 18.0 Å². The van der Waals surface area contributed by atoms with Crippen LogP contribution in [0.25, 0.3) is 11.4 Å². The molecule has 2 aromatic rings. The standard InChI is InChI=1S/C15H16N2O3/c1-20-13-8-3-2-6-11(13)14-16-9-10-5-4-7-12(15(18)19)17(10)14/h2-3,6,8-9,12H,4-5,7H2,1H3,(H,18,19). The number of carbonyl (C=O) groups is 1. The summed E-state index contributed by atoms with van der Waals surface area (Å²) in [5, 5.41) is 9.42. The summed E-state index contributed by atoms with van der Waals surface area (Å²) in [6.07, 6.45) is 4.16. The summed E-state index contributed by atoms with van der Waals surface area (Å²) in [6.45, 7) is 0. The third-order valence-electron chi connectivity index (χ3n) is 3.73. The summed E-state index contributed by atoms with van der Waals surface area (Å²) in [5.74, 6) is 0.570. The molecule has 0 fully saturated rings. The number of methoxy groups -OCH3 is 1. The van der Waals surface area contributed by atoms with Crippen molar-refractivity contribution in [1.29, 1.82) is 0 Å². The Morgan fingerprint density at radius 2 is 2.25 bits per heavy atom. The van der Waals surface area contributed by atoms with Gasteiger partial charge in [0.15, 0.2) is 0 Å². The van der Waals surface area contributed by atoms with Gasteiger partial charge in [0.25, 0.3) is 0 Å². The molecule has 1 aromatic heterocycles. The lowest BCUT2D eigenvalue weighted by molar-refractivity contribution is -0.141. The van der Waals surface area contributed by atoms with Gasteiger partial charge in [-0.05, 0) is 31.4 Å². The molecule has 1 unspecified atom stereocenters. The van der Waals surface area contributed by atoms with Gasteiger partial charge in [0, 0.05) is 11.9 Å². The molecule has 1 aliphatic heterocycles. The van der Waals surface area contributed by atoms with Crippen LogP contribution in [0.1, 0.15) is 24.6 Å². The molecule has 0 saturated heterocycles. The minimum atomic E-state index is -0.805. The number of rotatable bonds is 3. The highest BCUT2D eigenvalue weighted by molar-refractivity contribution is 5.74. The van der Waals surface area contributed by atoms with E-state index < -0.39 is 12.0 Å². The van der Waals surface area contributed by atoms with Gasteiger partial charge in [-0.3, -0.25) is 0 Å². The molecule has 5 heteroatoms. The average molecular weight is 272 g/mol. The van der Waals surface area contributed by atoms with Crippen LogP contribution in [0.3, 0.4) is 0 Å². The number of fused-ring (bicyclic) bond motifs is 1. The molecule has 1 atom stereocenters. The number of para-hydroxylation sites is 1. The highest BCUT2D eigenvalue weighted by Gasteiger charge is 2.29. The maximum Gasteiger partial charge on any atom is 0.326 e. The zero-order chi connectivity index (χ0) is 14.1. The van der Waals surface area contributed by atoms with E-state index in [1.807, 2.05) is 28.8 Å². The van der Waals surface area contributed by atoms with E-state index in [1.54, 1.807) is 13.3 Å². The van der Waals surface area contributed by atoms with E-state index in [0.717, 1.165) is 24.1 Å². The van der Waals surface area contributed by atoms with Gasteiger partial charge >= 0.3 is 5.97 Å². The fourth-order valence-corrected chi connectivity index (χ4v) is 2.80. The Hall–Kier alpha value is -2.30. The first kappa shape index (κ1) is 12.7. The van der Waals surface area contributed by atoms with Gasteiger partial charge in [0.2, 0.25) is 0 Å². The lowest BCUT2D eigenvalue weighted by Crippen LogP contribution is -2.25. The summed E-state index contributed by atoms with van der Waals surface area (Å²) in [6, 6.07) is 7.01. The summed E-state index contributed by atoms with van der Waals surface area (Å²) >= 11 is 0. The van der Waals surface area contributed by atoms with Crippen molar-refractivity contribution in [3.8, 4) is 17.1 Å². The van der Waals surface area contributed by atoms with Crippen molar-refractivity contribution < 1.29 is 14.6 Å². The van der Waals surface area contributed by atoms with Crippen LogP contribution in [-0.4, -0.2) is 27.7 Å². The fourth-order valence-electron chi connectivity index (χ4n) is 2.80. The van der Waals surface area contributed by atoms with E-state index >= 15 is 0 Å². The molecule has 1 aromatic carbocycles. The Kier molecular flexibility index (Phi) is 3.18. The summed E-state index contributed by atoms with van der Waals surface area (Å²) in [5.41, 5.74) is 1.80. The molecule has 104 valence electrons. The first-order valence-corrected chi connectivity index (χ1v) is 6.64. The van der Waals surface area contributed by atoms with Crippen LogP contribution in [0, 0.1) is 0 Å². The van der Waals surface area contributed by atoms with E-state index in [9.17, 15) is 9.90 Å². The van der Waals surface area contributed by atoms with Crippen molar-refractivity contribution >= 4 is 5.97 Å². The van der Waals surface area contributed by atoms with Gasteiger partial charge < -0.3 is 14.4 Å². The van der Waals surface area contributed by atoms with Gasteiger partial charge in [0.05, 0.1) is 12.7 Å². The number of aromatic nitrogens is 2. The van der Waals surface area contributed by atoms with E-state index in [1.165, 1.54) is 0 Å². The number of aliphatic carboxylic acids is 1. The Labute approximate surface area is 116 Å². The van der Waals surface area contributed by atoms with Gasteiger partial charge in [-0.1, -0.05) is 12.1 Å². The molecule has 0 bridgehead atoms. The smallest absolute Gasteiger partial charge is 0.326 e. The first-order chi connectivity index (χ1) is 9.72. The molecule has 20 heavy (non-hydrogen) atoms. The fraction of sp³-hybridized carbons (Fsp3) is 0.333. The third-order valence-corrected chi connectivity index (χ3v) is 3.73. The van der Waals surface area contributed by atoms with Crippen molar-refractivity contribution in [3.63, 3.8) is 0 Å². The largest absolute Gasteiger partial charge is 0.496 e. The SMILES string of the molecule is COc1ccccc1-c1ncc2n1C(C(=O)O)CCC2. The lowest BCUT2D eigenvalue weighted by atomic mass is 10.0. The number of carboxylic acid groups (broad SMARTS) is 1. The van der Waals surface area contributed by atoms with Crippen LogP contribution in [0.5, 0.6) is 5.75 Å². The lowest BCUT2D eigenvalue weighted by Gasteiger charge is -2.24. The zero-order valence-corrected chi connectivity index (χ0v) is 11.2. The summed E-state index contributed by atoms with van der Waals surface area (Å²) in [4.78, 5) is 15.9. The quantitative estimate of drug-likeness (QED) is 0.932. The monoisotopic (exact) mass is 272 g/mol. The van der Waals surface area contributed by atoms with E-state index in [-0.39, 0.29) is 0 Å². The zero-order valence-electron chi connectivity index (χ0n) is 11.2. The van der Waals surface area contributed by atoms with Gasteiger partial charge in [-0.2, -0.15) is 0 Å². The van der Waals surface area contributed by atoms with Gasteiger partial charge in [-0.15, -0.1) is 0 Å². The number of hydrogen-bond donors (Lipinski definition) is 1. The van der Waals surface area contributed by atoms with Crippen molar-refractivity contribution in [3.05, 3.63) is 36.2 Å². The molecule has 1 aliphatic rings. The van der Waals surface area contributed by atoms with Crippen LogP contribution < -0.4 is 4.74 Å². The molecule has 0 spiro atoms. The van der Waals surface area contributed by atoms with Crippen molar-refractivity contribution in [2.75, 3.05) is 7.11 Å². The molecule has 0 radical (unpaired) electrons. The van der Waals surface area contributed by atoms with Gasteiger partial charge in [-0.25, -0.2) is 9.78 Å². The molecule has 5 nitrogen and oxygen atoms in total. The van der Waals surface area contributed by atoms with Crippen molar-refractivity contribution in [2.24, 2.45) is 0 Å². The molecule has 0 amide bonds. The van der Waals surface area contributed by atoms with Crippen LogP contribution in [0.2, 0.25) is 0 Å². The van der Waals surface area contributed by atoms with E-state index in [4.69, 9.17) is 4.74 Å². The first-order valence-electron chi connectivity index (χ1n) is 6.64. The molecular formula is C15H16N2O3. The number of imidazole rings is 1. The second-order valence-electron chi connectivity index (χ2n) is 4.89. The minimum absolute atomic E-state index is 0.541. The molecule has 0 saturated carbocycles. The molecule has 2 heterocycles. The molecule has 1 N–H and O–H groups in total. The van der Waals surface area contributed by atoms with Gasteiger partial charge in [0.1, 0.15) is 17.6 Å². The Morgan fingerprint density at radius 3 is 3.00 bits per heavy atom. The topological polar surface area (TPSA) is 64.4 Å². The maximum absolute atomic E-state index is 11.5. The predicted octanol–water partition coefficient (Wildman–Crippen LogP) is 2.52. The molecule has 3 rings (SSSR count). The van der Waals surface area contributed by atoms with Crippen molar-refractivity contribution in [1.82, 2.24) is 9.55 Å². The van der Waals surface area contributed by atoms with Crippen LogP contribution in [-0.2, 0) is 11.2 Å². The van der Waals surface area contributed by atoms with Crippen LogP contribution >= 0.6 is 0 Å². The Balaban J connectivity index is 2.16. The number of ether oxygens (including phenoxy) is 1. The summed E-state index contributed by atoms with van der Waals surface area (Å²) in [7, 11) is 1.60. The number of carboxylic acids is 1. The summed E-state index contributed by atoms with van der Waals surface area (Å²) < 4.78 is 7.19. The normalized spacial score (nSPS) is 17.6. The predicted molar refractivity (Wildman–Crippen MR) is 73.8 cm³/mol. The number of benzene rings is 1. The van der Waals surface area contributed by atoms with Crippen LogP contribution in [0.4, 0.5) is 0 Å². The highest BCUT2D eigenvalue weighted by atomic mass is 16.5.